The monoisotopic (exact) mass is 223 g/mol. The molecule has 1 atom stereocenters. The highest BCUT2D eigenvalue weighted by Crippen LogP contribution is 2.33. The summed E-state index contributed by atoms with van der Waals surface area (Å²) >= 11 is 0. The third kappa shape index (κ3) is 2.67. The largest absolute Gasteiger partial charge is 0.496 e. The minimum Gasteiger partial charge on any atom is -0.496 e. The minimum absolute atomic E-state index is 0.523. The lowest BCUT2D eigenvalue weighted by molar-refractivity contribution is 0.194. The Morgan fingerprint density at radius 3 is 2.62 bits per heavy atom. The molecule has 0 radical (unpaired) electrons. The smallest absolute Gasteiger partial charge is 0.126 e. The second-order valence-corrected chi connectivity index (χ2v) is 3.99. The summed E-state index contributed by atoms with van der Waals surface area (Å²) in [5, 5.41) is 9.83. The molecule has 1 aromatic rings. The number of aliphatic hydroxyl groups is 1. The van der Waals surface area contributed by atoms with Crippen molar-refractivity contribution in [2.75, 3.05) is 25.6 Å². The van der Waals surface area contributed by atoms with Gasteiger partial charge in [-0.2, -0.15) is 0 Å². The molecule has 1 aromatic carbocycles. The fourth-order valence-corrected chi connectivity index (χ4v) is 1.92. The topological polar surface area (TPSA) is 32.7 Å². The van der Waals surface area contributed by atoms with Crippen LogP contribution in [0.1, 0.15) is 31.9 Å². The van der Waals surface area contributed by atoms with Gasteiger partial charge < -0.3 is 14.7 Å². The van der Waals surface area contributed by atoms with E-state index in [0.29, 0.717) is 0 Å². The number of nitrogens with zero attached hydrogens (tertiary/aromatic N) is 1. The average Bonchev–Trinajstić information content (AvgIpc) is 2.28. The molecule has 0 aromatic heterocycles. The summed E-state index contributed by atoms with van der Waals surface area (Å²) in [6.45, 7) is 4.87. The van der Waals surface area contributed by atoms with Gasteiger partial charge in [0, 0.05) is 24.8 Å². The quantitative estimate of drug-likeness (QED) is 0.832. The first-order valence-electron chi connectivity index (χ1n) is 5.67. The molecule has 0 bridgehead atoms. The number of aliphatic hydroxyl groups excluding tert-OH is 1. The van der Waals surface area contributed by atoms with Gasteiger partial charge in [0.1, 0.15) is 5.75 Å². The summed E-state index contributed by atoms with van der Waals surface area (Å²) in [5.41, 5.74) is 1.90. The molecular formula is C13H21NO2. The number of rotatable bonds is 5. The zero-order valence-electron chi connectivity index (χ0n) is 10.5. The number of methoxy groups -OCH3 is 1. The van der Waals surface area contributed by atoms with Gasteiger partial charge in [0.05, 0.1) is 13.2 Å². The number of ether oxygens (including phenoxy) is 1. The van der Waals surface area contributed by atoms with Gasteiger partial charge in [-0.3, -0.25) is 0 Å². The van der Waals surface area contributed by atoms with E-state index in [2.05, 4.69) is 11.8 Å². The van der Waals surface area contributed by atoms with Crippen LogP contribution in [0.25, 0.3) is 0 Å². The zero-order chi connectivity index (χ0) is 12.1. The van der Waals surface area contributed by atoms with E-state index in [1.165, 1.54) is 0 Å². The highest BCUT2D eigenvalue weighted by Gasteiger charge is 2.16. The van der Waals surface area contributed by atoms with Gasteiger partial charge in [-0.05, 0) is 25.5 Å². The molecule has 0 saturated carbocycles. The van der Waals surface area contributed by atoms with Gasteiger partial charge in [-0.15, -0.1) is 0 Å². The predicted octanol–water partition coefficient (Wildman–Crippen LogP) is 2.59. The fraction of sp³-hybridized carbons (Fsp3) is 0.538. The second kappa shape index (κ2) is 5.75. The molecule has 0 spiro atoms. The molecule has 1 N–H and O–H groups in total. The Labute approximate surface area is 97.7 Å². The van der Waals surface area contributed by atoms with Gasteiger partial charge in [0.2, 0.25) is 0 Å². The molecule has 1 rings (SSSR count). The van der Waals surface area contributed by atoms with Crippen LogP contribution < -0.4 is 9.64 Å². The van der Waals surface area contributed by atoms with E-state index in [-0.39, 0.29) is 0 Å². The summed E-state index contributed by atoms with van der Waals surface area (Å²) in [6.07, 6.45) is 0.554. The Bertz CT molecular complexity index is 337. The van der Waals surface area contributed by atoms with E-state index in [1.54, 1.807) is 14.0 Å². The van der Waals surface area contributed by atoms with Gasteiger partial charge in [0.15, 0.2) is 0 Å². The van der Waals surface area contributed by atoms with Gasteiger partial charge in [0.25, 0.3) is 0 Å². The maximum Gasteiger partial charge on any atom is 0.126 e. The Kier molecular flexibility index (Phi) is 4.62. The van der Waals surface area contributed by atoms with Crippen LogP contribution in [0.15, 0.2) is 18.2 Å². The van der Waals surface area contributed by atoms with Gasteiger partial charge in [-0.1, -0.05) is 13.0 Å². The van der Waals surface area contributed by atoms with E-state index in [0.717, 1.165) is 30.0 Å². The van der Waals surface area contributed by atoms with E-state index >= 15 is 0 Å². The molecule has 0 fully saturated rings. The fourth-order valence-electron chi connectivity index (χ4n) is 1.92. The lowest BCUT2D eigenvalue weighted by Gasteiger charge is -2.24. The number of hydrogen-bond acceptors (Lipinski definition) is 3. The molecule has 16 heavy (non-hydrogen) atoms. The van der Waals surface area contributed by atoms with Crippen molar-refractivity contribution in [2.24, 2.45) is 0 Å². The van der Waals surface area contributed by atoms with Crippen molar-refractivity contribution in [2.45, 2.75) is 26.4 Å². The highest BCUT2D eigenvalue weighted by atomic mass is 16.5. The number of benzene rings is 1. The molecule has 0 heterocycles. The molecule has 0 aliphatic carbocycles. The second-order valence-electron chi connectivity index (χ2n) is 3.99. The molecule has 0 amide bonds. The van der Waals surface area contributed by atoms with Crippen LogP contribution in [-0.4, -0.2) is 25.8 Å². The maximum atomic E-state index is 9.83. The van der Waals surface area contributed by atoms with Gasteiger partial charge >= 0.3 is 0 Å². The van der Waals surface area contributed by atoms with Crippen LogP contribution in [0.4, 0.5) is 5.69 Å². The summed E-state index contributed by atoms with van der Waals surface area (Å²) in [4.78, 5) is 2.14. The summed E-state index contributed by atoms with van der Waals surface area (Å²) in [6, 6.07) is 5.85. The van der Waals surface area contributed by atoms with E-state index < -0.39 is 6.10 Å². The molecule has 0 saturated heterocycles. The molecule has 0 unspecified atom stereocenters. The third-order valence-electron chi connectivity index (χ3n) is 2.65. The zero-order valence-corrected chi connectivity index (χ0v) is 10.5. The van der Waals surface area contributed by atoms with Crippen molar-refractivity contribution in [1.82, 2.24) is 0 Å². The molecule has 90 valence electrons. The van der Waals surface area contributed by atoms with Crippen LogP contribution in [0.5, 0.6) is 5.75 Å². The van der Waals surface area contributed by atoms with E-state index in [1.807, 2.05) is 25.2 Å². The highest BCUT2D eigenvalue weighted by molar-refractivity contribution is 5.60. The Balaban J connectivity index is 3.16. The third-order valence-corrected chi connectivity index (χ3v) is 2.65. The maximum absolute atomic E-state index is 9.83. The van der Waals surface area contributed by atoms with Crippen molar-refractivity contribution >= 4 is 5.69 Å². The van der Waals surface area contributed by atoms with E-state index in [9.17, 15) is 5.11 Å². The number of anilines is 1. The average molecular weight is 223 g/mol. The SMILES string of the molecule is CCCN(C)c1cccc(OC)c1[C@H](C)O. The Hall–Kier alpha value is -1.22. The van der Waals surface area contributed by atoms with Gasteiger partial charge in [-0.25, -0.2) is 0 Å². The van der Waals surface area contributed by atoms with Crippen LogP contribution in [-0.2, 0) is 0 Å². The predicted molar refractivity (Wildman–Crippen MR) is 67.2 cm³/mol. The van der Waals surface area contributed by atoms with E-state index in [4.69, 9.17) is 4.74 Å². The lowest BCUT2D eigenvalue weighted by Crippen LogP contribution is -2.20. The van der Waals surface area contributed by atoms with Crippen molar-refractivity contribution in [3.05, 3.63) is 23.8 Å². The summed E-state index contributed by atoms with van der Waals surface area (Å²) in [5.74, 6) is 0.746. The first-order valence-corrected chi connectivity index (χ1v) is 5.67. The molecule has 0 aliphatic heterocycles. The van der Waals surface area contributed by atoms with Crippen molar-refractivity contribution in [3.8, 4) is 5.75 Å². The Morgan fingerprint density at radius 1 is 1.44 bits per heavy atom. The normalized spacial score (nSPS) is 12.3. The first kappa shape index (κ1) is 12.8. The molecule has 0 aliphatic rings. The van der Waals surface area contributed by atoms with Crippen LogP contribution in [0, 0.1) is 0 Å². The lowest BCUT2D eigenvalue weighted by atomic mass is 10.1. The first-order chi connectivity index (χ1) is 7.61. The van der Waals surface area contributed by atoms with Crippen molar-refractivity contribution < 1.29 is 9.84 Å². The molecular weight excluding hydrogens is 202 g/mol. The standard InChI is InChI=1S/C13H21NO2/c1-5-9-14(3)11-7-6-8-12(16-4)13(11)10(2)15/h6-8,10,15H,5,9H2,1-4H3/t10-/m0/s1. The molecule has 3 heteroatoms. The Morgan fingerprint density at radius 2 is 2.12 bits per heavy atom. The minimum atomic E-state index is -0.523. The summed E-state index contributed by atoms with van der Waals surface area (Å²) in [7, 11) is 3.66. The van der Waals surface area contributed by atoms with Crippen molar-refractivity contribution in [1.29, 1.82) is 0 Å². The molecule has 3 nitrogen and oxygen atoms in total. The van der Waals surface area contributed by atoms with Crippen LogP contribution >= 0.6 is 0 Å². The van der Waals surface area contributed by atoms with Crippen LogP contribution in [0.3, 0.4) is 0 Å². The number of hydrogen-bond donors (Lipinski definition) is 1. The summed E-state index contributed by atoms with van der Waals surface area (Å²) < 4.78 is 5.29. The van der Waals surface area contributed by atoms with Crippen molar-refractivity contribution in [3.63, 3.8) is 0 Å². The van der Waals surface area contributed by atoms with Crippen LogP contribution in [0.2, 0.25) is 0 Å².